The minimum absolute atomic E-state index is 0.157. The van der Waals surface area contributed by atoms with Gasteiger partial charge in [-0.3, -0.25) is 9.52 Å². The molecular weight excluding hydrogens is 436 g/mol. The van der Waals surface area contributed by atoms with E-state index in [0.717, 1.165) is 16.5 Å². The van der Waals surface area contributed by atoms with E-state index in [1.165, 1.54) is 18.2 Å². The molecule has 0 unspecified atom stereocenters. The predicted molar refractivity (Wildman–Crippen MR) is 130 cm³/mol. The fraction of sp³-hybridized carbons (Fsp3) is 0.115. The van der Waals surface area contributed by atoms with Gasteiger partial charge in [0.25, 0.3) is 15.9 Å². The molecule has 0 spiro atoms. The molecule has 0 aromatic heterocycles. The number of amides is 1. The number of fused-ring (bicyclic) bond motifs is 1. The number of sulfonamides is 1. The molecule has 33 heavy (non-hydrogen) atoms. The number of carbonyl (C=O) groups is 1. The topological polar surface area (TPSA) is 84.5 Å². The summed E-state index contributed by atoms with van der Waals surface area (Å²) < 4.78 is 33.7. The van der Waals surface area contributed by atoms with Crippen molar-refractivity contribution in [3.05, 3.63) is 102 Å². The van der Waals surface area contributed by atoms with E-state index in [2.05, 4.69) is 10.0 Å². The Morgan fingerprint density at radius 3 is 2.42 bits per heavy atom. The zero-order chi connectivity index (χ0) is 23.3. The summed E-state index contributed by atoms with van der Waals surface area (Å²) in [5, 5.41) is 4.92. The van der Waals surface area contributed by atoms with Crippen LogP contribution in [0.25, 0.3) is 10.8 Å². The number of ether oxygens (including phenoxy) is 1. The lowest BCUT2D eigenvalue weighted by atomic mass is 10.1. The lowest BCUT2D eigenvalue weighted by molar-refractivity contribution is 0.0947. The van der Waals surface area contributed by atoms with Crippen molar-refractivity contribution in [3.63, 3.8) is 0 Å². The van der Waals surface area contributed by atoms with Gasteiger partial charge in [0.2, 0.25) is 0 Å². The minimum atomic E-state index is -3.75. The average Bonchev–Trinajstić information content (AvgIpc) is 2.83. The zero-order valence-electron chi connectivity index (χ0n) is 18.1. The third kappa shape index (κ3) is 5.32. The molecule has 6 nitrogen and oxygen atoms in total. The summed E-state index contributed by atoms with van der Waals surface area (Å²) in [5.41, 5.74) is 1.43. The molecule has 4 aromatic carbocycles. The first-order valence-corrected chi connectivity index (χ1v) is 12.0. The molecule has 0 fully saturated rings. The van der Waals surface area contributed by atoms with Gasteiger partial charge in [0.05, 0.1) is 17.1 Å². The second-order valence-corrected chi connectivity index (χ2v) is 9.21. The maximum Gasteiger partial charge on any atom is 0.261 e. The fourth-order valence-electron chi connectivity index (χ4n) is 3.43. The molecule has 0 heterocycles. The fourth-order valence-corrected chi connectivity index (χ4v) is 4.57. The molecule has 2 N–H and O–H groups in total. The lowest BCUT2D eigenvalue weighted by Crippen LogP contribution is -2.28. The molecule has 0 bridgehead atoms. The molecule has 0 saturated heterocycles. The van der Waals surface area contributed by atoms with Crippen LogP contribution in [-0.2, 0) is 10.0 Å². The van der Waals surface area contributed by atoms with Crippen LogP contribution < -0.4 is 14.8 Å². The minimum Gasteiger partial charge on any atom is -0.491 e. The molecule has 1 amide bonds. The van der Waals surface area contributed by atoms with E-state index in [9.17, 15) is 13.2 Å². The summed E-state index contributed by atoms with van der Waals surface area (Å²) >= 11 is 0. The van der Waals surface area contributed by atoms with Crippen LogP contribution in [0, 0.1) is 6.92 Å². The van der Waals surface area contributed by atoms with Gasteiger partial charge in [-0.25, -0.2) is 8.42 Å². The maximum absolute atomic E-state index is 12.6. The van der Waals surface area contributed by atoms with Crippen molar-refractivity contribution < 1.29 is 17.9 Å². The van der Waals surface area contributed by atoms with Gasteiger partial charge in [0, 0.05) is 10.9 Å². The summed E-state index contributed by atoms with van der Waals surface area (Å²) in [7, 11) is -3.75. The Balaban J connectivity index is 1.38. The highest BCUT2D eigenvalue weighted by Gasteiger charge is 2.16. The van der Waals surface area contributed by atoms with Crippen molar-refractivity contribution in [2.75, 3.05) is 17.9 Å². The van der Waals surface area contributed by atoms with Crippen LogP contribution in [0.4, 0.5) is 5.69 Å². The quantitative estimate of drug-likeness (QED) is 0.372. The molecule has 0 aliphatic heterocycles. The van der Waals surface area contributed by atoms with Gasteiger partial charge < -0.3 is 10.1 Å². The van der Waals surface area contributed by atoms with Gasteiger partial charge in [-0.15, -0.1) is 0 Å². The molecule has 0 aliphatic carbocycles. The third-order valence-electron chi connectivity index (χ3n) is 5.19. The van der Waals surface area contributed by atoms with Crippen molar-refractivity contribution in [1.29, 1.82) is 0 Å². The van der Waals surface area contributed by atoms with E-state index in [1.807, 2.05) is 42.5 Å². The Hall–Kier alpha value is -3.84. The van der Waals surface area contributed by atoms with Gasteiger partial charge in [-0.2, -0.15) is 0 Å². The van der Waals surface area contributed by atoms with Crippen molar-refractivity contribution in [3.8, 4) is 5.75 Å². The molecule has 0 atom stereocenters. The summed E-state index contributed by atoms with van der Waals surface area (Å²) in [4.78, 5) is 12.8. The van der Waals surface area contributed by atoms with Crippen molar-refractivity contribution in [1.82, 2.24) is 5.32 Å². The first-order valence-electron chi connectivity index (χ1n) is 10.5. The van der Waals surface area contributed by atoms with E-state index >= 15 is 0 Å². The number of hydrogen-bond donors (Lipinski definition) is 2. The van der Waals surface area contributed by atoms with Crippen LogP contribution in [0.1, 0.15) is 15.9 Å². The Kier molecular flexibility index (Phi) is 6.60. The molecule has 0 saturated carbocycles. The lowest BCUT2D eigenvalue weighted by Gasteiger charge is -2.13. The van der Waals surface area contributed by atoms with E-state index < -0.39 is 10.0 Å². The largest absolute Gasteiger partial charge is 0.491 e. The highest BCUT2D eigenvalue weighted by Crippen LogP contribution is 2.25. The van der Waals surface area contributed by atoms with Crippen LogP contribution in [0.2, 0.25) is 0 Å². The molecule has 4 aromatic rings. The number of rotatable bonds is 8. The van der Waals surface area contributed by atoms with Crippen LogP contribution in [0.5, 0.6) is 5.75 Å². The Morgan fingerprint density at radius 2 is 1.61 bits per heavy atom. The van der Waals surface area contributed by atoms with Gasteiger partial charge >= 0.3 is 0 Å². The number of benzene rings is 4. The molecule has 0 radical (unpaired) electrons. The smallest absolute Gasteiger partial charge is 0.261 e. The van der Waals surface area contributed by atoms with Crippen molar-refractivity contribution in [2.24, 2.45) is 0 Å². The van der Waals surface area contributed by atoms with Gasteiger partial charge in [-0.1, -0.05) is 60.7 Å². The van der Waals surface area contributed by atoms with Gasteiger partial charge in [0.1, 0.15) is 12.4 Å². The van der Waals surface area contributed by atoms with Gasteiger partial charge in [-0.05, 0) is 48.2 Å². The van der Waals surface area contributed by atoms with E-state index in [0.29, 0.717) is 30.0 Å². The predicted octanol–water partition coefficient (Wildman–Crippen LogP) is 4.76. The maximum atomic E-state index is 12.6. The Bertz CT molecular complexity index is 1380. The van der Waals surface area contributed by atoms with E-state index in [4.69, 9.17) is 4.74 Å². The van der Waals surface area contributed by atoms with E-state index in [-0.39, 0.29) is 10.8 Å². The first-order chi connectivity index (χ1) is 15.9. The number of aryl methyl sites for hydroxylation is 1. The Labute approximate surface area is 193 Å². The number of hydrogen-bond acceptors (Lipinski definition) is 4. The van der Waals surface area contributed by atoms with Crippen LogP contribution in [0.15, 0.2) is 95.9 Å². The van der Waals surface area contributed by atoms with E-state index in [1.54, 1.807) is 37.3 Å². The van der Waals surface area contributed by atoms with Crippen molar-refractivity contribution in [2.45, 2.75) is 11.8 Å². The third-order valence-corrected chi connectivity index (χ3v) is 6.57. The zero-order valence-corrected chi connectivity index (χ0v) is 18.9. The highest BCUT2D eigenvalue weighted by atomic mass is 32.2. The Morgan fingerprint density at radius 1 is 0.879 bits per heavy atom. The SMILES string of the molecule is Cc1ccc(C(=O)NCCOc2cccc3ccccc23)cc1NS(=O)(=O)c1ccccc1. The standard InChI is InChI=1S/C26H24N2O4S/c1-19-14-15-21(18-24(19)28-33(30,31)22-10-3-2-4-11-22)26(29)27-16-17-32-25-13-7-9-20-8-5-6-12-23(20)25/h2-15,18,28H,16-17H2,1H3,(H,27,29). The number of nitrogens with one attached hydrogen (secondary N) is 2. The molecular formula is C26H24N2O4S. The summed E-state index contributed by atoms with van der Waals surface area (Å²) in [5.74, 6) is 0.451. The monoisotopic (exact) mass is 460 g/mol. The van der Waals surface area contributed by atoms with Gasteiger partial charge in [0.15, 0.2) is 0 Å². The first kappa shape index (κ1) is 22.4. The van der Waals surface area contributed by atoms with Crippen LogP contribution in [-0.4, -0.2) is 27.5 Å². The molecule has 0 aliphatic rings. The summed E-state index contributed by atoms with van der Waals surface area (Å²) in [6.07, 6.45) is 0. The summed E-state index contributed by atoms with van der Waals surface area (Å²) in [6.45, 7) is 2.39. The van der Waals surface area contributed by atoms with Crippen LogP contribution in [0.3, 0.4) is 0 Å². The van der Waals surface area contributed by atoms with Crippen molar-refractivity contribution >= 4 is 32.4 Å². The average molecular weight is 461 g/mol. The molecule has 168 valence electrons. The highest BCUT2D eigenvalue weighted by molar-refractivity contribution is 7.92. The summed E-state index contributed by atoms with van der Waals surface area (Å²) in [6, 6.07) is 26.8. The second kappa shape index (κ2) is 9.75. The van der Waals surface area contributed by atoms with Crippen LogP contribution >= 0.6 is 0 Å². The normalized spacial score (nSPS) is 11.2. The number of anilines is 1. The number of carbonyl (C=O) groups excluding carboxylic acids is 1. The molecule has 4 rings (SSSR count). The second-order valence-electron chi connectivity index (χ2n) is 7.53. The molecule has 7 heteroatoms.